The lowest BCUT2D eigenvalue weighted by Crippen LogP contribution is -1.96. The summed E-state index contributed by atoms with van der Waals surface area (Å²) in [6, 6.07) is 0.249. The van der Waals surface area contributed by atoms with E-state index in [1.54, 1.807) is 0 Å². The van der Waals surface area contributed by atoms with E-state index in [2.05, 4.69) is 0 Å². The Bertz CT molecular complexity index is 486. The largest absolute Gasteiger partial charge is 0.505 e. The molecular weight excluding hydrogens is 261 g/mol. The second-order valence-electron chi connectivity index (χ2n) is 2.27. The van der Waals surface area contributed by atoms with Crippen molar-refractivity contribution in [3.8, 4) is 5.75 Å². The molecule has 0 aliphatic heterocycles. The van der Waals surface area contributed by atoms with E-state index < -0.39 is 36.4 Å². The third-order valence-corrected chi connectivity index (χ3v) is 3.04. The summed E-state index contributed by atoms with van der Waals surface area (Å²) in [5.74, 6) is -4.15. The van der Waals surface area contributed by atoms with E-state index in [4.69, 9.17) is 27.4 Å². The highest BCUT2D eigenvalue weighted by atomic mass is 35.7. The van der Waals surface area contributed by atoms with Crippen LogP contribution in [0.25, 0.3) is 0 Å². The summed E-state index contributed by atoms with van der Waals surface area (Å²) in [5.41, 5.74) is 0. The first-order valence-corrected chi connectivity index (χ1v) is 5.75. The van der Waals surface area contributed by atoms with Crippen LogP contribution in [0.15, 0.2) is 11.0 Å². The van der Waals surface area contributed by atoms with E-state index in [0.717, 1.165) is 0 Å². The summed E-state index contributed by atoms with van der Waals surface area (Å²) in [4.78, 5) is -0.969. The van der Waals surface area contributed by atoms with Crippen LogP contribution in [0, 0.1) is 11.6 Å². The Balaban J connectivity index is 3.66. The molecule has 0 heterocycles. The zero-order valence-corrected chi connectivity index (χ0v) is 8.59. The standard InChI is InChI=1S/C6H2Cl2F2O3S/c7-4-5(10)2(9)1-3(6(4)11)14(8,12)13/h1,11H. The van der Waals surface area contributed by atoms with Crippen molar-refractivity contribution in [2.45, 2.75) is 4.90 Å². The van der Waals surface area contributed by atoms with Crippen LogP contribution in [0.1, 0.15) is 0 Å². The lowest BCUT2D eigenvalue weighted by atomic mass is 10.3. The van der Waals surface area contributed by atoms with E-state index in [1.165, 1.54) is 0 Å². The summed E-state index contributed by atoms with van der Waals surface area (Å²) < 4.78 is 46.8. The Hall–Kier alpha value is -0.590. The summed E-state index contributed by atoms with van der Waals surface area (Å²) in [6.45, 7) is 0. The molecule has 0 bridgehead atoms. The number of halogens is 4. The fourth-order valence-corrected chi connectivity index (χ4v) is 1.93. The molecule has 1 N–H and O–H groups in total. The molecule has 0 fully saturated rings. The molecule has 3 nitrogen and oxygen atoms in total. The zero-order chi connectivity index (χ0) is 11.1. The van der Waals surface area contributed by atoms with Gasteiger partial charge in [-0.05, 0) is 0 Å². The number of aromatic hydroxyl groups is 1. The second kappa shape index (κ2) is 3.52. The Morgan fingerprint density at radius 2 is 1.86 bits per heavy atom. The summed E-state index contributed by atoms with van der Waals surface area (Å²) >= 11 is 5.11. The minimum Gasteiger partial charge on any atom is -0.505 e. The molecule has 8 heteroatoms. The minimum absolute atomic E-state index is 0.249. The summed E-state index contributed by atoms with van der Waals surface area (Å²) in [7, 11) is 0.460. The second-order valence-corrected chi connectivity index (χ2v) is 5.18. The van der Waals surface area contributed by atoms with Gasteiger partial charge in [0.2, 0.25) is 0 Å². The average Bonchev–Trinajstić information content (AvgIpc) is 2.06. The van der Waals surface area contributed by atoms with Gasteiger partial charge < -0.3 is 5.11 Å². The normalized spacial score (nSPS) is 11.7. The third-order valence-electron chi connectivity index (χ3n) is 1.36. The first-order chi connectivity index (χ1) is 6.25. The van der Waals surface area contributed by atoms with Crippen molar-refractivity contribution in [3.63, 3.8) is 0 Å². The smallest absolute Gasteiger partial charge is 0.265 e. The van der Waals surface area contributed by atoms with Crippen LogP contribution in [0.5, 0.6) is 5.75 Å². The monoisotopic (exact) mass is 262 g/mol. The summed E-state index contributed by atoms with van der Waals surface area (Å²) in [6.07, 6.45) is 0. The first kappa shape index (κ1) is 11.5. The predicted molar refractivity (Wildman–Crippen MR) is 46.1 cm³/mol. The molecular formula is C6H2Cl2F2O3S. The van der Waals surface area contributed by atoms with Crippen LogP contribution in [0.4, 0.5) is 8.78 Å². The number of rotatable bonds is 1. The van der Waals surface area contributed by atoms with Crippen LogP contribution in [-0.2, 0) is 9.05 Å². The van der Waals surface area contributed by atoms with E-state index in [-0.39, 0.29) is 6.07 Å². The molecule has 0 atom stereocenters. The molecule has 0 aliphatic rings. The van der Waals surface area contributed by atoms with Crippen molar-refractivity contribution >= 4 is 31.3 Å². The third kappa shape index (κ3) is 1.92. The van der Waals surface area contributed by atoms with Crippen molar-refractivity contribution in [3.05, 3.63) is 22.7 Å². The first-order valence-electron chi connectivity index (χ1n) is 3.06. The molecule has 14 heavy (non-hydrogen) atoms. The van der Waals surface area contributed by atoms with Crippen molar-refractivity contribution in [1.82, 2.24) is 0 Å². The van der Waals surface area contributed by atoms with Gasteiger partial charge in [0.25, 0.3) is 9.05 Å². The van der Waals surface area contributed by atoms with E-state index >= 15 is 0 Å². The molecule has 1 rings (SSSR count). The van der Waals surface area contributed by atoms with Gasteiger partial charge in [0.05, 0.1) is 0 Å². The fourth-order valence-electron chi connectivity index (χ4n) is 0.750. The van der Waals surface area contributed by atoms with Crippen molar-refractivity contribution in [2.75, 3.05) is 0 Å². The molecule has 0 radical (unpaired) electrons. The van der Waals surface area contributed by atoms with Crippen LogP contribution >= 0.6 is 22.3 Å². The van der Waals surface area contributed by atoms with Gasteiger partial charge in [-0.25, -0.2) is 17.2 Å². The molecule has 1 aromatic rings. The zero-order valence-electron chi connectivity index (χ0n) is 6.26. The van der Waals surface area contributed by atoms with Gasteiger partial charge in [0.1, 0.15) is 9.92 Å². The van der Waals surface area contributed by atoms with E-state index in [0.29, 0.717) is 0 Å². The molecule has 0 unspecified atom stereocenters. The number of hydrogen-bond acceptors (Lipinski definition) is 3. The Kier molecular flexibility index (Phi) is 2.89. The number of phenolic OH excluding ortho intramolecular Hbond substituents is 1. The van der Waals surface area contributed by atoms with Crippen LogP contribution in [-0.4, -0.2) is 13.5 Å². The maximum absolute atomic E-state index is 12.7. The van der Waals surface area contributed by atoms with Gasteiger partial charge >= 0.3 is 0 Å². The molecule has 1 aromatic carbocycles. The average molecular weight is 263 g/mol. The highest BCUT2D eigenvalue weighted by Gasteiger charge is 2.23. The quantitative estimate of drug-likeness (QED) is 0.624. The van der Waals surface area contributed by atoms with Crippen molar-refractivity contribution < 1.29 is 22.3 Å². The summed E-state index contributed by atoms with van der Waals surface area (Å²) in [5, 5.41) is 8.01. The van der Waals surface area contributed by atoms with E-state index in [1.807, 2.05) is 0 Å². The molecule has 0 saturated heterocycles. The SMILES string of the molecule is O=S(=O)(Cl)c1cc(F)c(F)c(Cl)c1O. The molecule has 0 aliphatic carbocycles. The molecule has 0 aromatic heterocycles. The number of benzene rings is 1. The Labute approximate surface area is 87.3 Å². The molecule has 0 saturated carbocycles. The van der Waals surface area contributed by atoms with Gasteiger partial charge in [0.15, 0.2) is 17.4 Å². The highest BCUT2D eigenvalue weighted by Crippen LogP contribution is 2.36. The van der Waals surface area contributed by atoms with Gasteiger partial charge in [-0.1, -0.05) is 11.6 Å². The molecule has 0 spiro atoms. The fraction of sp³-hybridized carbons (Fsp3) is 0. The predicted octanol–water partition coefficient (Wildman–Crippen LogP) is 2.25. The van der Waals surface area contributed by atoms with Gasteiger partial charge in [-0.15, -0.1) is 0 Å². The van der Waals surface area contributed by atoms with Crippen molar-refractivity contribution in [2.24, 2.45) is 0 Å². The number of hydrogen-bond donors (Lipinski definition) is 1. The molecule has 0 amide bonds. The minimum atomic E-state index is -4.36. The Morgan fingerprint density at radius 3 is 2.29 bits per heavy atom. The van der Waals surface area contributed by atoms with Crippen LogP contribution < -0.4 is 0 Å². The lowest BCUT2D eigenvalue weighted by molar-refractivity contribution is 0.439. The topological polar surface area (TPSA) is 54.4 Å². The maximum Gasteiger partial charge on any atom is 0.265 e. The van der Waals surface area contributed by atoms with Crippen LogP contribution in [0.3, 0.4) is 0 Å². The van der Waals surface area contributed by atoms with Crippen molar-refractivity contribution in [1.29, 1.82) is 0 Å². The molecule has 78 valence electrons. The van der Waals surface area contributed by atoms with Gasteiger partial charge in [-0.2, -0.15) is 0 Å². The van der Waals surface area contributed by atoms with Crippen LogP contribution in [0.2, 0.25) is 5.02 Å². The maximum atomic E-state index is 12.7. The highest BCUT2D eigenvalue weighted by molar-refractivity contribution is 8.13. The van der Waals surface area contributed by atoms with Gasteiger partial charge in [0, 0.05) is 16.7 Å². The Morgan fingerprint density at radius 1 is 1.36 bits per heavy atom. The number of phenols is 1. The lowest BCUT2D eigenvalue weighted by Gasteiger charge is -2.04. The van der Waals surface area contributed by atoms with E-state index in [9.17, 15) is 17.2 Å². The van der Waals surface area contributed by atoms with Gasteiger partial charge in [-0.3, -0.25) is 0 Å².